The summed E-state index contributed by atoms with van der Waals surface area (Å²) < 4.78 is 4.98. The molecule has 0 aliphatic heterocycles. The van der Waals surface area contributed by atoms with Crippen LogP contribution in [0.4, 0.5) is 5.88 Å². The molecule has 0 radical (unpaired) electrons. The Morgan fingerprint density at radius 2 is 1.77 bits per heavy atom. The van der Waals surface area contributed by atoms with Gasteiger partial charge in [-0.3, -0.25) is 14.9 Å². The second-order valence-corrected chi connectivity index (χ2v) is 6.10. The van der Waals surface area contributed by atoms with Gasteiger partial charge in [-0.15, -0.1) is 0 Å². The Hall–Kier alpha value is -3.12. The largest absolute Gasteiger partial charge is 0.433 e. The van der Waals surface area contributed by atoms with Gasteiger partial charge in [0, 0.05) is 5.02 Å². The van der Waals surface area contributed by atoms with E-state index in [0.29, 0.717) is 11.4 Å². The van der Waals surface area contributed by atoms with Gasteiger partial charge in [0.25, 0.3) is 5.91 Å². The van der Waals surface area contributed by atoms with Crippen LogP contribution >= 0.6 is 11.6 Å². The minimum Gasteiger partial charge on any atom is -0.395 e. The van der Waals surface area contributed by atoms with Crippen LogP contribution in [-0.4, -0.2) is 10.8 Å². The molecule has 0 bridgehead atoms. The smallest absolute Gasteiger partial charge is 0.395 e. The maximum atomic E-state index is 12.5. The number of halogens is 1. The van der Waals surface area contributed by atoms with Gasteiger partial charge in [0.05, 0.1) is 12.1 Å². The molecule has 3 rings (SSSR count). The number of carbonyl (C=O) groups excluding carboxylic acids is 1. The minimum absolute atomic E-state index is 0.103. The highest BCUT2D eigenvalue weighted by molar-refractivity contribution is 6.30. The summed E-state index contributed by atoms with van der Waals surface area (Å²) in [6.07, 6.45) is 0.537. The van der Waals surface area contributed by atoms with Crippen molar-refractivity contribution in [3.8, 4) is 0 Å². The average Bonchev–Trinajstić information content (AvgIpc) is 3.14. The topological polar surface area (TPSA) is 85.4 Å². The minimum atomic E-state index is -0.681. The molecule has 0 aliphatic rings. The van der Waals surface area contributed by atoms with E-state index in [2.05, 4.69) is 5.32 Å². The molecule has 1 unspecified atom stereocenters. The summed E-state index contributed by atoms with van der Waals surface area (Å²) in [7, 11) is 0. The molecule has 1 aromatic heterocycles. The van der Waals surface area contributed by atoms with Crippen LogP contribution in [0.3, 0.4) is 0 Å². The Morgan fingerprint density at radius 3 is 2.38 bits per heavy atom. The molecule has 1 atom stereocenters. The van der Waals surface area contributed by atoms with E-state index in [0.717, 1.165) is 17.2 Å². The van der Waals surface area contributed by atoms with Gasteiger partial charge >= 0.3 is 5.88 Å². The van der Waals surface area contributed by atoms with E-state index < -0.39 is 16.7 Å². The summed E-state index contributed by atoms with van der Waals surface area (Å²) in [6, 6.07) is 19.0. The summed E-state index contributed by atoms with van der Waals surface area (Å²) in [5, 5.41) is 14.2. The average molecular weight is 371 g/mol. The van der Waals surface area contributed by atoms with Crippen molar-refractivity contribution >= 4 is 23.4 Å². The van der Waals surface area contributed by atoms with E-state index in [1.165, 1.54) is 6.07 Å². The van der Waals surface area contributed by atoms with Crippen molar-refractivity contribution in [2.75, 3.05) is 0 Å². The third-order valence-electron chi connectivity index (χ3n) is 3.86. The molecule has 0 fully saturated rings. The number of amides is 1. The number of nitrogens with zero attached hydrogens (tertiary/aromatic N) is 1. The second kappa shape index (κ2) is 7.84. The van der Waals surface area contributed by atoms with Crippen molar-refractivity contribution in [3.63, 3.8) is 0 Å². The standard InChI is InChI=1S/C19H15ClN2O4/c20-15-8-6-13(7-9-15)12-16(14-4-2-1-3-5-14)21-19(23)17-10-11-18(26-17)22(24)25/h1-11,16H,12H2,(H,21,23). The maximum Gasteiger partial charge on any atom is 0.433 e. The van der Waals surface area contributed by atoms with Gasteiger partial charge < -0.3 is 9.73 Å². The molecule has 1 amide bonds. The molecule has 2 aromatic carbocycles. The number of carbonyl (C=O) groups is 1. The van der Waals surface area contributed by atoms with Gasteiger partial charge in [-0.05, 0) is 35.7 Å². The summed E-state index contributed by atoms with van der Waals surface area (Å²) in [5.74, 6) is -1.08. The number of furan rings is 1. The fraction of sp³-hybridized carbons (Fsp3) is 0.105. The molecule has 1 heterocycles. The molecule has 0 saturated carbocycles. The third kappa shape index (κ3) is 4.29. The lowest BCUT2D eigenvalue weighted by molar-refractivity contribution is -0.402. The van der Waals surface area contributed by atoms with Gasteiger partial charge in [0.15, 0.2) is 5.76 Å². The fourth-order valence-corrected chi connectivity index (χ4v) is 2.70. The predicted molar refractivity (Wildman–Crippen MR) is 97.2 cm³/mol. The van der Waals surface area contributed by atoms with Crippen molar-refractivity contribution in [1.29, 1.82) is 0 Å². The van der Waals surface area contributed by atoms with E-state index in [9.17, 15) is 14.9 Å². The lowest BCUT2D eigenvalue weighted by Gasteiger charge is -2.19. The van der Waals surface area contributed by atoms with Crippen molar-refractivity contribution in [2.24, 2.45) is 0 Å². The van der Waals surface area contributed by atoms with Gasteiger partial charge in [-0.1, -0.05) is 54.1 Å². The third-order valence-corrected chi connectivity index (χ3v) is 4.11. The number of hydrogen-bond donors (Lipinski definition) is 1. The highest BCUT2D eigenvalue weighted by Gasteiger charge is 2.21. The van der Waals surface area contributed by atoms with E-state index in [-0.39, 0.29) is 11.8 Å². The first-order valence-corrected chi connectivity index (χ1v) is 8.25. The molecule has 0 aliphatic carbocycles. The zero-order valence-corrected chi connectivity index (χ0v) is 14.3. The lowest BCUT2D eigenvalue weighted by Crippen LogP contribution is -2.29. The molecule has 26 heavy (non-hydrogen) atoms. The Balaban J connectivity index is 1.81. The van der Waals surface area contributed by atoms with Crippen LogP contribution in [0.2, 0.25) is 5.02 Å². The highest BCUT2D eigenvalue weighted by atomic mass is 35.5. The number of hydrogen-bond acceptors (Lipinski definition) is 4. The van der Waals surface area contributed by atoms with E-state index in [1.807, 2.05) is 42.5 Å². The number of nitro groups is 1. The van der Waals surface area contributed by atoms with Crippen molar-refractivity contribution in [3.05, 3.63) is 98.8 Å². The summed E-state index contributed by atoms with van der Waals surface area (Å²) in [6.45, 7) is 0. The van der Waals surface area contributed by atoms with Crippen LogP contribution in [0.1, 0.15) is 27.7 Å². The Labute approximate surface area is 154 Å². The van der Waals surface area contributed by atoms with Gasteiger partial charge in [-0.2, -0.15) is 0 Å². The van der Waals surface area contributed by atoms with E-state index >= 15 is 0 Å². The second-order valence-electron chi connectivity index (χ2n) is 5.66. The van der Waals surface area contributed by atoms with E-state index in [1.54, 1.807) is 12.1 Å². The van der Waals surface area contributed by atoms with Gasteiger partial charge in [0.1, 0.15) is 4.92 Å². The molecule has 1 N–H and O–H groups in total. The summed E-state index contributed by atoms with van der Waals surface area (Å²) in [5.41, 5.74) is 1.91. The molecule has 0 spiro atoms. The van der Waals surface area contributed by atoms with Crippen LogP contribution < -0.4 is 5.32 Å². The van der Waals surface area contributed by atoms with Crippen LogP contribution in [0.5, 0.6) is 0 Å². The quantitative estimate of drug-likeness (QED) is 0.509. The SMILES string of the molecule is O=C(NC(Cc1ccc(Cl)cc1)c1ccccc1)c1ccc([N+](=O)[O-])o1. The fourth-order valence-electron chi connectivity index (χ4n) is 2.57. The van der Waals surface area contributed by atoms with Crippen molar-refractivity contribution in [1.82, 2.24) is 5.32 Å². The predicted octanol–water partition coefficient (Wildman–Crippen LogP) is 4.56. The van der Waals surface area contributed by atoms with Crippen LogP contribution in [0.15, 0.2) is 71.1 Å². The molecule has 6 nitrogen and oxygen atoms in total. The molecule has 7 heteroatoms. The van der Waals surface area contributed by atoms with Crippen LogP contribution in [0, 0.1) is 10.1 Å². The molecular formula is C19H15ClN2O4. The Bertz CT molecular complexity index is 907. The first kappa shape index (κ1) is 17.7. The maximum absolute atomic E-state index is 12.5. The normalized spacial score (nSPS) is 11.7. The zero-order valence-electron chi connectivity index (χ0n) is 13.6. The van der Waals surface area contributed by atoms with Gasteiger partial charge in [0.2, 0.25) is 0 Å². The Morgan fingerprint density at radius 1 is 1.08 bits per heavy atom. The first-order chi connectivity index (χ1) is 12.5. The lowest BCUT2D eigenvalue weighted by atomic mass is 9.98. The van der Waals surface area contributed by atoms with Crippen LogP contribution in [-0.2, 0) is 6.42 Å². The molecular weight excluding hydrogens is 356 g/mol. The Kier molecular flexibility index (Phi) is 5.34. The monoisotopic (exact) mass is 370 g/mol. The number of benzene rings is 2. The highest BCUT2D eigenvalue weighted by Crippen LogP contribution is 2.22. The first-order valence-electron chi connectivity index (χ1n) is 7.87. The van der Waals surface area contributed by atoms with Gasteiger partial charge in [-0.25, -0.2) is 0 Å². The van der Waals surface area contributed by atoms with Crippen molar-refractivity contribution in [2.45, 2.75) is 12.5 Å². The van der Waals surface area contributed by atoms with E-state index in [4.69, 9.17) is 16.0 Å². The number of nitrogens with one attached hydrogen (secondary N) is 1. The summed E-state index contributed by atoms with van der Waals surface area (Å²) in [4.78, 5) is 22.5. The molecule has 132 valence electrons. The number of rotatable bonds is 6. The molecule has 3 aromatic rings. The van der Waals surface area contributed by atoms with Crippen LogP contribution in [0.25, 0.3) is 0 Å². The summed E-state index contributed by atoms with van der Waals surface area (Å²) >= 11 is 5.92. The molecule has 0 saturated heterocycles. The van der Waals surface area contributed by atoms with Crippen molar-refractivity contribution < 1.29 is 14.1 Å². The zero-order chi connectivity index (χ0) is 18.5.